The molecule has 0 radical (unpaired) electrons. The first-order valence-electron chi connectivity index (χ1n) is 14.3. The molecular weight excluding hydrogens is 568 g/mol. The number of hydrazine groups is 2. The third-order valence-electron chi connectivity index (χ3n) is 7.35. The lowest BCUT2D eigenvalue weighted by Gasteiger charge is -2.40. The molecule has 0 aliphatic carbocycles. The van der Waals surface area contributed by atoms with Crippen LogP contribution in [0.5, 0.6) is 0 Å². The van der Waals surface area contributed by atoms with E-state index in [0.717, 1.165) is 23.2 Å². The highest BCUT2D eigenvalue weighted by Gasteiger charge is 2.43. The number of aliphatic hydroxyl groups is 1. The van der Waals surface area contributed by atoms with Crippen LogP contribution in [-0.4, -0.2) is 88.7 Å². The Kier molecular flexibility index (Phi) is 11.9. The van der Waals surface area contributed by atoms with Crippen molar-refractivity contribution in [3.05, 3.63) is 53.0 Å². The monoisotopic (exact) mass is 609 g/mol. The number of carbonyl (C=O) groups excluding carboxylic acids is 1. The fourth-order valence-corrected chi connectivity index (χ4v) is 5.30. The van der Waals surface area contributed by atoms with Crippen LogP contribution in [0.4, 0.5) is 14.5 Å². The molecule has 2 heterocycles. The van der Waals surface area contributed by atoms with Gasteiger partial charge in [-0.3, -0.25) is 10.2 Å². The second kappa shape index (κ2) is 15.1. The first-order valence-corrected chi connectivity index (χ1v) is 14.3. The number of aliphatic hydroxyl groups excluding tert-OH is 1. The number of carboxylic acids is 2. The van der Waals surface area contributed by atoms with Gasteiger partial charge in [0, 0.05) is 39.4 Å². The van der Waals surface area contributed by atoms with Gasteiger partial charge in [-0.15, -0.1) is 0 Å². The van der Waals surface area contributed by atoms with E-state index in [2.05, 4.69) is 10.7 Å². The number of unbranched alkanes of at least 4 members (excludes halogenated alkanes) is 1. The Morgan fingerprint density at radius 2 is 1.81 bits per heavy atom. The number of rotatable bonds is 14. The lowest BCUT2D eigenvalue weighted by molar-refractivity contribution is -0.137. The predicted molar refractivity (Wildman–Crippen MR) is 153 cm³/mol. The number of aliphatic carboxylic acids is 2. The van der Waals surface area contributed by atoms with Gasteiger partial charge in [-0.1, -0.05) is 19.9 Å². The van der Waals surface area contributed by atoms with Gasteiger partial charge in [0.05, 0.1) is 17.9 Å². The van der Waals surface area contributed by atoms with E-state index in [1.54, 1.807) is 11.8 Å². The molecule has 3 atom stereocenters. The topological polar surface area (TPSA) is 155 Å². The molecule has 1 saturated heterocycles. The normalized spacial score (nSPS) is 20.0. The van der Waals surface area contributed by atoms with Crippen molar-refractivity contribution in [1.29, 1.82) is 0 Å². The maximum Gasteiger partial charge on any atom is 0.356 e. The summed E-state index contributed by atoms with van der Waals surface area (Å²) in [6.45, 7) is 7.21. The molecule has 12 nitrogen and oxygen atoms in total. The number of nitrogens with one attached hydrogen (secondary N) is 2. The summed E-state index contributed by atoms with van der Waals surface area (Å²) in [6, 6.07) is 2.75. The highest BCUT2D eigenvalue weighted by atomic mass is 19.1. The lowest BCUT2D eigenvalue weighted by atomic mass is 9.90. The number of carbonyl (C=O) groups is 3. The number of carboxylic acid groups (broad SMARTS) is 2. The van der Waals surface area contributed by atoms with Crippen LogP contribution in [-0.2, 0) is 19.1 Å². The Bertz CT molecular complexity index is 1220. The summed E-state index contributed by atoms with van der Waals surface area (Å²) in [5.41, 5.74) is 1.06. The van der Waals surface area contributed by atoms with E-state index in [9.17, 15) is 29.7 Å². The molecular formula is C29H41F2N5O7. The molecule has 238 valence electrons. The molecule has 5 N–H and O–H groups in total. The second-order valence-electron chi connectivity index (χ2n) is 11.2. The second-order valence-corrected chi connectivity index (χ2v) is 11.2. The minimum atomic E-state index is -1.71. The van der Waals surface area contributed by atoms with Crippen LogP contribution >= 0.6 is 0 Å². The van der Waals surface area contributed by atoms with Gasteiger partial charge in [0.15, 0.2) is 17.3 Å². The maximum absolute atomic E-state index is 15.3. The van der Waals surface area contributed by atoms with Crippen molar-refractivity contribution in [3.63, 3.8) is 0 Å². The van der Waals surface area contributed by atoms with Gasteiger partial charge >= 0.3 is 11.9 Å². The number of benzene rings is 1. The zero-order valence-corrected chi connectivity index (χ0v) is 24.8. The Balaban J connectivity index is 2.21. The number of halogens is 2. The number of methoxy groups -OCH3 is 1. The number of anilines is 1. The van der Waals surface area contributed by atoms with Crippen molar-refractivity contribution < 1.29 is 43.2 Å². The quantitative estimate of drug-likeness (QED) is 0.156. The molecule has 1 amide bonds. The molecule has 1 fully saturated rings. The van der Waals surface area contributed by atoms with Crippen molar-refractivity contribution in [2.45, 2.75) is 58.6 Å². The molecule has 1 unspecified atom stereocenters. The van der Waals surface area contributed by atoms with E-state index in [-0.39, 0.29) is 35.7 Å². The molecule has 1 aromatic rings. The van der Waals surface area contributed by atoms with E-state index in [1.807, 2.05) is 13.8 Å². The Morgan fingerprint density at radius 3 is 2.37 bits per heavy atom. The van der Waals surface area contributed by atoms with Crippen LogP contribution in [0.3, 0.4) is 0 Å². The van der Waals surface area contributed by atoms with Crippen LogP contribution in [0.2, 0.25) is 0 Å². The van der Waals surface area contributed by atoms with Crippen molar-refractivity contribution >= 4 is 23.5 Å². The zero-order valence-electron chi connectivity index (χ0n) is 24.8. The number of para-hydroxylation sites is 1. The smallest absolute Gasteiger partial charge is 0.356 e. The molecule has 43 heavy (non-hydrogen) atoms. The third-order valence-corrected chi connectivity index (χ3v) is 7.35. The minimum Gasteiger partial charge on any atom is -0.478 e. The highest BCUT2D eigenvalue weighted by Crippen LogP contribution is 2.37. The fraction of sp³-hybridized carbons (Fsp3) is 0.552. The summed E-state index contributed by atoms with van der Waals surface area (Å²) in [5.74, 6) is -6.10. The molecule has 1 aromatic carbocycles. The minimum absolute atomic E-state index is 0.0146. The largest absolute Gasteiger partial charge is 0.478 e. The number of amides is 1. The number of hydrogen-bond acceptors (Lipinski definition) is 9. The van der Waals surface area contributed by atoms with Crippen LogP contribution in [0.25, 0.3) is 0 Å². The van der Waals surface area contributed by atoms with Gasteiger partial charge < -0.3 is 30.3 Å². The summed E-state index contributed by atoms with van der Waals surface area (Å²) < 4.78 is 35.7. The van der Waals surface area contributed by atoms with Crippen molar-refractivity contribution in [3.8, 4) is 0 Å². The SMILES string of the molecule is COCCCCC1=C(C(=O)N(CC(C)C)[C@@H]2CNC[C@H](C(C)O)C2)NN(/C(=C/C(=O)O)C(=O)O)N1c1c(F)cccc1F. The first kappa shape index (κ1) is 33.7. The van der Waals surface area contributed by atoms with Gasteiger partial charge in [-0.2, -0.15) is 5.12 Å². The van der Waals surface area contributed by atoms with Crippen molar-refractivity contribution in [2.75, 3.05) is 38.4 Å². The first-order chi connectivity index (χ1) is 20.4. The zero-order chi connectivity index (χ0) is 31.8. The van der Waals surface area contributed by atoms with Gasteiger partial charge in [0.2, 0.25) is 0 Å². The number of piperidine rings is 1. The molecule has 2 aliphatic heterocycles. The number of allylic oxidation sites excluding steroid dienone is 1. The summed E-state index contributed by atoms with van der Waals surface area (Å²) in [6.07, 6.45) is 1.23. The van der Waals surface area contributed by atoms with Crippen molar-refractivity contribution in [1.82, 2.24) is 20.8 Å². The standard InChI is InChI=1S/C29H41F2N5O7/c1-17(2)16-34(20-12-19(18(3)37)14-32-15-20)28(40)26-23(10-5-6-11-43-4)35(27-21(30)8-7-9-22(27)31)36(33-26)24(29(41)42)13-25(38)39/h7-9,13,17-20,32-33,37H,5-6,10-12,14-16H2,1-4H3,(H,38,39)(H,41,42)/b24-13+/t18?,19-,20+/m1/s1. The van der Waals surface area contributed by atoms with Crippen LogP contribution in [0.15, 0.2) is 41.4 Å². The number of hydrogen-bond donors (Lipinski definition) is 5. The molecule has 0 bridgehead atoms. The lowest BCUT2D eigenvalue weighted by Crippen LogP contribution is -2.55. The molecule has 0 spiro atoms. The summed E-state index contributed by atoms with van der Waals surface area (Å²) >= 11 is 0. The van der Waals surface area contributed by atoms with E-state index < -0.39 is 47.0 Å². The van der Waals surface area contributed by atoms with Gasteiger partial charge in [-0.25, -0.2) is 23.4 Å². The van der Waals surface area contributed by atoms with Crippen LogP contribution in [0.1, 0.15) is 46.5 Å². The average Bonchev–Trinajstić information content (AvgIpc) is 3.30. The molecule has 14 heteroatoms. The molecule has 0 aromatic heterocycles. The summed E-state index contributed by atoms with van der Waals surface area (Å²) in [5, 5.41) is 34.5. The summed E-state index contributed by atoms with van der Waals surface area (Å²) in [4.78, 5) is 40.0. The number of ether oxygens (including phenoxy) is 1. The fourth-order valence-electron chi connectivity index (χ4n) is 5.30. The van der Waals surface area contributed by atoms with Gasteiger partial charge in [0.1, 0.15) is 11.4 Å². The summed E-state index contributed by atoms with van der Waals surface area (Å²) in [7, 11) is 1.52. The van der Waals surface area contributed by atoms with E-state index >= 15 is 8.78 Å². The van der Waals surface area contributed by atoms with Crippen LogP contribution in [0, 0.1) is 23.5 Å². The van der Waals surface area contributed by atoms with Gasteiger partial charge in [0.25, 0.3) is 5.91 Å². The molecule has 0 saturated carbocycles. The van der Waals surface area contributed by atoms with Crippen molar-refractivity contribution in [2.24, 2.45) is 11.8 Å². The molecule has 3 rings (SSSR count). The predicted octanol–water partition coefficient (Wildman–Crippen LogP) is 2.43. The molecule has 2 aliphatic rings. The Morgan fingerprint density at radius 1 is 1.14 bits per heavy atom. The Hall–Kier alpha value is -3.75. The number of nitrogens with zero attached hydrogens (tertiary/aromatic N) is 3. The third kappa shape index (κ3) is 8.21. The maximum atomic E-state index is 15.3. The van der Waals surface area contributed by atoms with Gasteiger partial charge in [-0.05, 0) is 56.6 Å². The van der Waals surface area contributed by atoms with E-state index in [0.29, 0.717) is 56.7 Å². The Labute approximate surface area is 249 Å². The average molecular weight is 610 g/mol. The van der Waals surface area contributed by atoms with E-state index in [1.165, 1.54) is 7.11 Å². The van der Waals surface area contributed by atoms with Crippen LogP contribution < -0.4 is 15.8 Å². The van der Waals surface area contributed by atoms with E-state index in [4.69, 9.17) is 4.74 Å². The highest BCUT2D eigenvalue weighted by molar-refractivity contribution is 5.97.